The van der Waals surface area contributed by atoms with Crippen molar-refractivity contribution < 1.29 is 4.79 Å². The Labute approximate surface area is 44.7 Å². The van der Waals surface area contributed by atoms with E-state index in [9.17, 15) is 4.79 Å². The van der Waals surface area contributed by atoms with Crippen molar-refractivity contribution in [2.75, 3.05) is 0 Å². The summed E-state index contributed by atoms with van der Waals surface area (Å²) in [5.41, 5.74) is 0. The minimum atomic E-state index is 0.581. The van der Waals surface area contributed by atoms with E-state index < -0.39 is 0 Å². The van der Waals surface area contributed by atoms with Gasteiger partial charge in [-0.3, -0.25) is 0 Å². The molecule has 0 aromatic carbocycles. The zero-order valence-corrected chi connectivity index (χ0v) is 4.98. The van der Waals surface area contributed by atoms with E-state index in [2.05, 4.69) is 13.8 Å². The van der Waals surface area contributed by atoms with Gasteiger partial charge in [0.25, 0.3) is 0 Å². The molecule has 0 aromatic heterocycles. The normalized spacial score (nSPS) is 13.4. The molecule has 42 valence electrons. The predicted molar refractivity (Wildman–Crippen MR) is 30.1 cm³/mol. The largest absolute Gasteiger partial charge is 0.303 e. The quantitative estimate of drug-likeness (QED) is 0.492. The molecule has 0 bridgehead atoms. The highest BCUT2D eigenvalue weighted by Crippen LogP contribution is 2.01. The fraction of sp³-hybridized carbons (Fsp3) is 0.833. The van der Waals surface area contributed by atoms with E-state index in [1.807, 2.05) is 0 Å². The van der Waals surface area contributed by atoms with Crippen molar-refractivity contribution in [1.82, 2.24) is 0 Å². The number of carbonyl (C=O) groups is 1. The van der Waals surface area contributed by atoms with Crippen LogP contribution in [0.25, 0.3) is 0 Å². The van der Waals surface area contributed by atoms with Crippen LogP contribution in [0.2, 0.25) is 0 Å². The first-order valence-corrected chi connectivity index (χ1v) is 2.74. The number of rotatable bonds is 3. The van der Waals surface area contributed by atoms with Crippen molar-refractivity contribution in [2.45, 2.75) is 26.7 Å². The van der Waals surface area contributed by atoms with E-state index in [1.165, 1.54) is 0 Å². The fourth-order valence-electron chi connectivity index (χ4n) is 0.331. The lowest BCUT2D eigenvalue weighted by Gasteiger charge is -1.98. The van der Waals surface area contributed by atoms with Crippen LogP contribution in [0.5, 0.6) is 0 Å². The van der Waals surface area contributed by atoms with Gasteiger partial charge in [-0.15, -0.1) is 0 Å². The second kappa shape index (κ2) is 3.85. The number of aldehydes is 1. The van der Waals surface area contributed by atoms with Gasteiger partial charge >= 0.3 is 0 Å². The van der Waals surface area contributed by atoms with Gasteiger partial charge in [-0.05, 0) is 5.92 Å². The van der Waals surface area contributed by atoms with Gasteiger partial charge in [0.2, 0.25) is 0 Å². The molecule has 0 saturated heterocycles. The van der Waals surface area contributed by atoms with Crippen molar-refractivity contribution in [2.24, 2.45) is 5.92 Å². The number of hydrogen-bond donors (Lipinski definition) is 0. The van der Waals surface area contributed by atoms with E-state index >= 15 is 0 Å². The first-order chi connectivity index (χ1) is 3.31. The van der Waals surface area contributed by atoms with Crippen LogP contribution in [0.15, 0.2) is 0 Å². The number of hydrogen-bond acceptors (Lipinski definition) is 1. The SMILES string of the molecule is CC[C@H](C)CC=O. The van der Waals surface area contributed by atoms with Crippen molar-refractivity contribution in [3.8, 4) is 0 Å². The van der Waals surface area contributed by atoms with Gasteiger partial charge in [0.1, 0.15) is 6.29 Å². The van der Waals surface area contributed by atoms with Gasteiger partial charge in [-0.2, -0.15) is 0 Å². The van der Waals surface area contributed by atoms with Crippen LogP contribution in [-0.4, -0.2) is 6.29 Å². The summed E-state index contributed by atoms with van der Waals surface area (Å²) < 4.78 is 0. The van der Waals surface area contributed by atoms with E-state index in [0.717, 1.165) is 19.1 Å². The standard InChI is InChI=1S/C6H12O/c1-3-6(2)4-5-7/h5-6H,3-4H2,1-2H3/t6-/m0/s1. The molecule has 0 amide bonds. The summed E-state index contributed by atoms with van der Waals surface area (Å²) in [6.45, 7) is 4.17. The smallest absolute Gasteiger partial charge is 0.120 e. The lowest BCUT2D eigenvalue weighted by molar-refractivity contribution is -0.108. The summed E-state index contributed by atoms with van der Waals surface area (Å²) in [6.07, 6.45) is 2.81. The van der Waals surface area contributed by atoms with Gasteiger partial charge in [0, 0.05) is 6.42 Å². The van der Waals surface area contributed by atoms with Crippen LogP contribution in [0.3, 0.4) is 0 Å². The predicted octanol–water partition coefficient (Wildman–Crippen LogP) is 1.62. The molecule has 1 nitrogen and oxygen atoms in total. The molecule has 0 aliphatic heterocycles. The molecule has 0 aliphatic carbocycles. The second-order valence-electron chi connectivity index (χ2n) is 1.92. The highest BCUT2D eigenvalue weighted by Gasteiger charge is 1.93. The minimum Gasteiger partial charge on any atom is -0.303 e. The van der Waals surface area contributed by atoms with Gasteiger partial charge in [-0.25, -0.2) is 0 Å². The Hall–Kier alpha value is -0.330. The topological polar surface area (TPSA) is 17.1 Å². The molecule has 0 aromatic rings. The molecule has 0 N–H and O–H groups in total. The molecule has 1 heteroatoms. The Bertz CT molecular complexity index is 50.1. The first-order valence-electron chi connectivity index (χ1n) is 2.74. The van der Waals surface area contributed by atoms with Crippen molar-refractivity contribution in [1.29, 1.82) is 0 Å². The Morgan fingerprint density at radius 1 is 1.71 bits per heavy atom. The van der Waals surface area contributed by atoms with Crippen LogP contribution in [-0.2, 0) is 4.79 Å². The van der Waals surface area contributed by atoms with E-state index in [4.69, 9.17) is 0 Å². The van der Waals surface area contributed by atoms with Crippen molar-refractivity contribution >= 4 is 6.29 Å². The Balaban J connectivity index is 2.98. The van der Waals surface area contributed by atoms with Crippen LogP contribution in [0, 0.1) is 5.92 Å². The summed E-state index contributed by atoms with van der Waals surface area (Å²) in [7, 11) is 0. The third kappa shape index (κ3) is 3.50. The monoisotopic (exact) mass is 100 g/mol. The number of carbonyl (C=O) groups excluding carboxylic acids is 1. The molecule has 0 saturated carbocycles. The summed E-state index contributed by atoms with van der Waals surface area (Å²) in [4.78, 5) is 9.77. The maximum absolute atomic E-state index is 9.77. The average Bonchev–Trinajstić information content (AvgIpc) is 1.68. The second-order valence-corrected chi connectivity index (χ2v) is 1.92. The third-order valence-corrected chi connectivity index (χ3v) is 1.20. The molecule has 7 heavy (non-hydrogen) atoms. The lowest BCUT2D eigenvalue weighted by Crippen LogP contribution is -1.90. The van der Waals surface area contributed by atoms with Gasteiger partial charge in [0.15, 0.2) is 0 Å². The van der Waals surface area contributed by atoms with Crippen molar-refractivity contribution in [3.05, 3.63) is 0 Å². The molecule has 0 spiro atoms. The Morgan fingerprint density at radius 2 is 2.29 bits per heavy atom. The molecule has 0 aliphatic rings. The molecule has 0 radical (unpaired) electrons. The van der Waals surface area contributed by atoms with Crippen LogP contribution in [0.1, 0.15) is 26.7 Å². The molecular weight excluding hydrogens is 88.1 g/mol. The summed E-state index contributed by atoms with van der Waals surface area (Å²) in [6, 6.07) is 0. The lowest BCUT2D eigenvalue weighted by atomic mass is 10.1. The van der Waals surface area contributed by atoms with E-state index in [-0.39, 0.29) is 0 Å². The highest BCUT2D eigenvalue weighted by atomic mass is 16.1. The van der Waals surface area contributed by atoms with E-state index in [1.54, 1.807) is 0 Å². The van der Waals surface area contributed by atoms with Crippen LogP contribution >= 0.6 is 0 Å². The van der Waals surface area contributed by atoms with Gasteiger partial charge in [0.05, 0.1) is 0 Å². The molecule has 0 heterocycles. The third-order valence-electron chi connectivity index (χ3n) is 1.20. The fourth-order valence-corrected chi connectivity index (χ4v) is 0.331. The highest BCUT2D eigenvalue weighted by molar-refractivity contribution is 5.49. The summed E-state index contributed by atoms with van der Waals surface area (Å²) in [5.74, 6) is 0.581. The molecule has 1 atom stereocenters. The molecular formula is C6H12O. The maximum Gasteiger partial charge on any atom is 0.120 e. The van der Waals surface area contributed by atoms with Gasteiger partial charge in [-0.1, -0.05) is 20.3 Å². The van der Waals surface area contributed by atoms with Crippen LogP contribution < -0.4 is 0 Å². The molecule has 0 fully saturated rings. The Morgan fingerprint density at radius 3 is 2.43 bits per heavy atom. The van der Waals surface area contributed by atoms with Gasteiger partial charge < -0.3 is 4.79 Å². The van der Waals surface area contributed by atoms with E-state index in [0.29, 0.717) is 5.92 Å². The average molecular weight is 100 g/mol. The minimum absolute atomic E-state index is 0.581. The summed E-state index contributed by atoms with van der Waals surface area (Å²) >= 11 is 0. The zero-order chi connectivity index (χ0) is 5.70. The Kier molecular flexibility index (Phi) is 3.67. The van der Waals surface area contributed by atoms with Crippen LogP contribution in [0.4, 0.5) is 0 Å². The maximum atomic E-state index is 9.77. The first kappa shape index (κ1) is 6.67. The summed E-state index contributed by atoms with van der Waals surface area (Å²) in [5, 5.41) is 0. The van der Waals surface area contributed by atoms with Crippen molar-refractivity contribution in [3.63, 3.8) is 0 Å². The molecule has 0 unspecified atom stereocenters. The zero-order valence-electron chi connectivity index (χ0n) is 4.98. The molecule has 0 rings (SSSR count).